The molecule has 28 heavy (non-hydrogen) atoms. The van der Waals surface area contributed by atoms with Crippen LogP contribution in [0.1, 0.15) is 29.8 Å². The number of nitrogens with two attached hydrogens (primary N) is 1. The molecule has 2 aromatic carbocycles. The van der Waals surface area contributed by atoms with Gasteiger partial charge in [-0.1, -0.05) is 42.5 Å². The predicted molar refractivity (Wildman–Crippen MR) is 105 cm³/mol. The fraction of sp³-hybridized carbons (Fsp3) is 0.143. The molecular formula is C21H19N3O4. The summed E-state index contributed by atoms with van der Waals surface area (Å²) in [7, 11) is 0. The van der Waals surface area contributed by atoms with Crippen LogP contribution in [0.5, 0.6) is 0 Å². The van der Waals surface area contributed by atoms with Crippen LogP contribution < -0.4 is 5.73 Å². The Balaban J connectivity index is 2.21. The maximum atomic E-state index is 12.4. The summed E-state index contributed by atoms with van der Waals surface area (Å²) in [5.41, 5.74) is 7.25. The SMILES string of the molecule is CCOC(=O)C(C(N)=O)c1nc2ccccc2nc1/C=C(/O)c1ccccc1. The Hall–Kier alpha value is -3.74. The Kier molecular flexibility index (Phi) is 5.64. The van der Waals surface area contributed by atoms with E-state index in [-0.39, 0.29) is 23.8 Å². The number of hydrogen-bond donors (Lipinski definition) is 2. The van der Waals surface area contributed by atoms with Crippen LogP contribution in [-0.4, -0.2) is 33.6 Å². The number of esters is 1. The van der Waals surface area contributed by atoms with Gasteiger partial charge in [0, 0.05) is 11.6 Å². The van der Waals surface area contributed by atoms with Crippen molar-refractivity contribution in [3.63, 3.8) is 0 Å². The maximum Gasteiger partial charge on any atom is 0.324 e. The Morgan fingerprint density at radius 3 is 2.29 bits per heavy atom. The molecule has 3 N–H and O–H groups in total. The largest absolute Gasteiger partial charge is 0.507 e. The molecule has 0 saturated heterocycles. The molecule has 0 fully saturated rings. The summed E-state index contributed by atoms with van der Waals surface area (Å²) in [5, 5.41) is 10.5. The van der Waals surface area contributed by atoms with Crippen molar-refractivity contribution < 1.29 is 19.4 Å². The molecule has 1 heterocycles. The molecule has 3 aromatic rings. The summed E-state index contributed by atoms with van der Waals surface area (Å²) in [4.78, 5) is 33.3. The van der Waals surface area contributed by atoms with Gasteiger partial charge in [0.05, 0.1) is 29.0 Å². The lowest BCUT2D eigenvalue weighted by molar-refractivity contribution is -0.147. The number of aliphatic hydroxyl groups excluding tert-OH is 1. The first kappa shape index (κ1) is 19.0. The lowest BCUT2D eigenvalue weighted by atomic mass is 10.0. The molecule has 0 saturated carbocycles. The van der Waals surface area contributed by atoms with E-state index in [0.717, 1.165) is 0 Å². The first-order valence-electron chi connectivity index (χ1n) is 8.70. The first-order valence-corrected chi connectivity index (χ1v) is 8.70. The number of carbonyl (C=O) groups excluding carboxylic acids is 2. The average molecular weight is 377 g/mol. The number of hydrogen-bond acceptors (Lipinski definition) is 6. The third kappa shape index (κ3) is 3.98. The second kappa shape index (κ2) is 8.30. The molecule has 0 bridgehead atoms. The molecule has 1 atom stereocenters. The number of para-hydroxylation sites is 2. The lowest BCUT2D eigenvalue weighted by Gasteiger charge is -2.15. The highest BCUT2D eigenvalue weighted by atomic mass is 16.5. The van der Waals surface area contributed by atoms with Gasteiger partial charge in [-0.2, -0.15) is 0 Å². The van der Waals surface area contributed by atoms with Gasteiger partial charge in [-0.3, -0.25) is 9.59 Å². The summed E-state index contributed by atoms with van der Waals surface area (Å²) in [6.07, 6.45) is 1.36. The standard InChI is InChI=1S/C21H19N3O4/c1-2-28-21(27)18(20(22)26)19-16(12-17(25)13-8-4-3-5-9-13)23-14-10-6-7-11-15(14)24-19/h3-12,18,25H,2H2,1H3,(H2,22,26)/b17-12+. The summed E-state index contributed by atoms with van der Waals surface area (Å²) >= 11 is 0. The molecule has 0 aliphatic rings. The van der Waals surface area contributed by atoms with Gasteiger partial charge in [0.1, 0.15) is 5.76 Å². The number of aliphatic hydroxyl groups is 1. The molecule has 1 aromatic heterocycles. The number of carbonyl (C=O) groups is 2. The lowest BCUT2D eigenvalue weighted by Crippen LogP contribution is -2.31. The minimum Gasteiger partial charge on any atom is -0.507 e. The normalized spacial score (nSPS) is 12.5. The first-order chi connectivity index (χ1) is 13.5. The van der Waals surface area contributed by atoms with E-state index >= 15 is 0 Å². The second-order valence-electron chi connectivity index (χ2n) is 5.97. The highest BCUT2D eigenvalue weighted by Crippen LogP contribution is 2.25. The van der Waals surface area contributed by atoms with E-state index in [2.05, 4.69) is 9.97 Å². The van der Waals surface area contributed by atoms with Crippen LogP contribution in [0.2, 0.25) is 0 Å². The van der Waals surface area contributed by atoms with Crippen molar-refractivity contribution in [1.82, 2.24) is 9.97 Å². The van der Waals surface area contributed by atoms with Crippen LogP contribution >= 0.6 is 0 Å². The van der Waals surface area contributed by atoms with Gasteiger partial charge < -0.3 is 15.6 Å². The minimum absolute atomic E-state index is 0.0344. The van der Waals surface area contributed by atoms with E-state index in [0.29, 0.717) is 16.6 Å². The van der Waals surface area contributed by atoms with E-state index < -0.39 is 17.8 Å². The van der Waals surface area contributed by atoms with Gasteiger partial charge in [0.2, 0.25) is 5.91 Å². The van der Waals surface area contributed by atoms with Crippen molar-refractivity contribution >= 4 is 34.7 Å². The van der Waals surface area contributed by atoms with Crippen LogP contribution in [0.4, 0.5) is 0 Å². The van der Waals surface area contributed by atoms with Crippen molar-refractivity contribution in [2.75, 3.05) is 6.61 Å². The van der Waals surface area contributed by atoms with E-state index in [1.54, 1.807) is 55.5 Å². The summed E-state index contributed by atoms with van der Waals surface area (Å²) in [6.45, 7) is 1.72. The van der Waals surface area contributed by atoms with E-state index in [1.807, 2.05) is 6.07 Å². The Morgan fingerprint density at radius 1 is 1.07 bits per heavy atom. The summed E-state index contributed by atoms with van der Waals surface area (Å²) < 4.78 is 4.99. The number of primary amides is 1. The number of rotatable bonds is 6. The molecular weight excluding hydrogens is 358 g/mol. The predicted octanol–water partition coefficient (Wildman–Crippen LogP) is 2.82. The van der Waals surface area contributed by atoms with Gasteiger partial charge in [0.25, 0.3) is 0 Å². The molecule has 7 heteroatoms. The van der Waals surface area contributed by atoms with Crippen molar-refractivity contribution in [2.24, 2.45) is 5.73 Å². The summed E-state index contributed by atoms with van der Waals surface area (Å²) in [6, 6.07) is 15.8. The minimum atomic E-state index is -1.44. The van der Waals surface area contributed by atoms with Crippen molar-refractivity contribution in [3.8, 4) is 0 Å². The number of aromatic nitrogens is 2. The highest BCUT2D eigenvalue weighted by Gasteiger charge is 2.32. The van der Waals surface area contributed by atoms with Gasteiger partial charge in [0.15, 0.2) is 5.92 Å². The summed E-state index contributed by atoms with van der Waals surface area (Å²) in [5.74, 6) is -3.24. The average Bonchev–Trinajstić information content (AvgIpc) is 2.69. The molecule has 0 spiro atoms. The van der Waals surface area contributed by atoms with Crippen molar-refractivity contribution in [3.05, 3.63) is 71.5 Å². The maximum absolute atomic E-state index is 12.4. The number of ether oxygens (including phenoxy) is 1. The van der Waals surface area contributed by atoms with Gasteiger partial charge in [-0.25, -0.2) is 9.97 Å². The Morgan fingerprint density at radius 2 is 1.68 bits per heavy atom. The highest BCUT2D eigenvalue weighted by molar-refractivity contribution is 6.03. The van der Waals surface area contributed by atoms with Gasteiger partial charge >= 0.3 is 5.97 Å². The molecule has 1 amide bonds. The Labute approximate surface area is 161 Å². The Bertz CT molecular complexity index is 1050. The van der Waals surface area contributed by atoms with Crippen LogP contribution in [-0.2, 0) is 14.3 Å². The molecule has 3 rings (SSSR count). The van der Waals surface area contributed by atoms with Crippen molar-refractivity contribution in [1.29, 1.82) is 0 Å². The second-order valence-corrected chi connectivity index (χ2v) is 5.97. The topological polar surface area (TPSA) is 115 Å². The number of amides is 1. The third-order valence-corrected chi connectivity index (χ3v) is 4.05. The number of nitrogens with zero attached hydrogens (tertiary/aromatic N) is 2. The smallest absolute Gasteiger partial charge is 0.324 e. The van der Waals surface area contributed by atoms with E-state index in [4.69, 9.17) is 10.5 Å². The molecule has 0 aliphatic heterocycles. The molecule has 142 valence electrons. The fourth-order valence-corrected chi connectivity index (χ4v) is 2.76. The zero-order chi connectivity index (χ0) is 20.1. The third-order valence-electron chi connectivity index (χ3n) is 4.05. The van der Waals surface area contributed by atoms with Gasteiger partial charge in [-0.15, -0.1) is 0 Å². The zero-order valence-corrected chi connectivity index (χ0v) is 15.2. The molecule has 0 aliphatic carbocycles. The molecule has 1 unspecified atom stereocenters. The van der Waals surface area contributed by atoms with E-state index in [9.17, 15) is 14.7 Å². The fourth-order valence-electron chi connectivity index (χ4n) is 2.76. The van der Waals surface area contributed by atoms with Crippen LogP contribution in [0.25, 0.3) is 22.9 Å². The van der Waals surface area contributed by atoms with Crippen LogP contribution in [0.15, 0.2) is 54.6 Å². The molecule has 0 radical (unpaired) electrons. The van der Waals surface area contributed by atoms with Crippen LogP contribution in [0.3, 0.4) is 0 Å². The monoisotopic (exact) mass is 377 g/mol. The molecule has 7 nitrogen and oxygen atoms in total. The zero-order valence-electron chi connectivity index (χ0n) is 15.2. The van der Waals surface area contributed by atoms with Crippen molar-refractivity contribution in [2.45, 2.75) is 12.8 Å². The van der Waals surface area contributed by atoms with Crippen LogP contribution in [0, 0.1) is 0 Å². The van der Waals surface area contributed by atoms with E-state index in [1.165, 1.54) is 6.08 Å². The van der Waals surface area contributed by atoms with Gasteiger partial charge in [-0.05, 0) is 19.1 Å². The number of benzene rings is 2. The quantitative estimate of drug-likeness (QED) is 0.388. The number of fused-ring (bicyclic) bond motifs is 1.